The molecule has 16 heavy (non-hydrogen) atoms. The number of furan rings is 1. The SMILES string of the molecule is CCC(Nc1cccc(C)c1)c1ccco1. The predicted octanol–water partition coefficient (Wildman–Crippen LogP) is 4.15. The number of anilines is 1. The molecule has 1 heterocycles. The van der Waals surface area contributed by atoms with Crippen LogP contribution in [0, 0.1) is 6.92 Å². The quantitative estimate of drug-likeness (QED) is 0.828. The smallest absolute Gasteiger partial charge is 0.125 e. The fourth-order valence-electron chi connectivity index (χ4n) is 1.80. The van der Waals surface area contributed by atoms with E-state index >= 15 is 0 Å². The third kappa shape index (κ3) is 2.45. The van der Waals surface area contributed by atoms with Crippen LogP contribution in [-0.4, -0.2) is 0 Å². The van der Waals surface area contributed by atoms with Crippen LogP contribution in [0.2, 0.25) is 0 Å². The summed E-state index contributed by atoms with van der Waals surface area (Å²) in [5, 5.41) is 3.48. The number of rotatable bonds is 4. The van der Waals surface area contributed by atoms with Crippen molar-refractivity contribution in [3.8, 4) is 0 Å². The van der Waals surface area contributed by atoms with E-state index in [1.54, 1.807) is 6.26 Å². The first kappa shape index (κ1) is 10.8. The van der Waals surface area contributed by atoms with Gasteiger partial charge in [0.15, 0.2) is 0 Å². The second-order valence-electron chi connectivity index (χ2n) is 3.99. The molecule has 2 aromatic rings. The van der Waals surface area contributed by atoms with Gasteiger partial charge in [-0.3, -0.25) is 0 Å². The van der Waals surface area contributed by atoms with Gasteiger partial charge in [-0.05, 0) is 43.2 Å². The molecule has 1 aromatic heterocycles. The summed E-state index contributed by atoms with van der Waals surface area (Å²) in [5.41, 5.74) is 2.41. The van der Waals surface area contributed by atoms with Gasteiger partial charge in [0.25, 0.3) is 0 Å². The van der Waals surface area contributed by atoms with Crippen molar-refractivity contribution >= 4 is 5.69 Å². The van der Waals surface area contributed by atoms with Gasteiger partial charge in [-0.25, -0.2) is 0 Å². The second-order valence-corrected chi connectivity index (χ2v) is 3.99. The van der Waals surface area contributed by atoms with E-state index in [1.165, 1.54) is 5.56 Å². The predicted molar refractivity (Wildman–Crippen MR) is 66.5 cm³/mol. The van der Waals surface area contributed by atoms with Gasteiger partial charge >= 0.3 is 0 Å². The Morgan fingerprint density at radius 2 is 2.12 bits per heavy atom. The van der Waals surface area contributed by atoms with Gasteiger partial charge in [-0.2, -0.15) is 0 Å². The first-order chi connectivity index (χ1) is 7.79. The van der Waals surface area contributed by atoms with Crippen LogP contribution in [0.3, 0.4) is 0 Å². The summed E-state index contributed by atoms with van der Waals surface area (Å²) >= 11 is 0. The highest BCUT2D eigenvalue weighted by Crippen LogP contribution is 2.23. The van der Waals surface area contributed by atoms with Crippen molar-refractivity contribution < 1.29 is 4.42 Å². The van der Waals surface area contributed by atoms with Crippen LogP contribution in [0.25, 0.3) is 0 Å². The maximum atomic E-state index is 5.43. The van der Waals surface area contributed by atoms with Gasteiger partial charge < -0.3 is 9.73 Å². The van der Waals surface area contributed by atoms with Crippen LogP contribution in [-0.2, 0) is 0 Å². The largest absolute Gasteiger partial charge is 0.467 e. The Hall–Kier alpha value is -1.70. The van der Waals surface area contributed by atoms with E-state index in [1.807, 2.05) is 12.1 Å². The fraction of sp³-hybridized carbons (Fsp3) is 0.286. The monoisotopic (exact) mass is 215 g/mol. The average Bonchev–Trinajstić information content (AvgIpc) is 2.79. The molecule has 0 fully saturated rings. The van der Waals surface area contributed by atoms with Gasteiger partial charge in [-0.1, -0.05) is 19.1 Å². The Balaban J connectivity index is 2.13. The van der Waals surface area contributed by atoms with E-state index in [0.29, 0.717) is 0 Å². The van der Waals surface area contributed by atoms with Crippen molar-refractivity contribution in [2.75, 3.05) is 5.32 Å². The molecule has 1 unspecified atom stereocenters. The molecule has 84 valence electrons. The molecule has 0 aliphatic heterocycles. The molecule has 0 bridgehead atoms. The van der Waals surface area contributed by atoms with Crippen molar-refractivity contribution in [2.24, 2.45) is 0 Å². The first-order valence-corrected chi connectivity index (χ1v) is 5.66. The number of nitrogens with one attached hydrogen (secondary N) is 1. The molecule has 0 saturated heterocycles. The van der Waals surface area contributed by atoms with Crippen molar-refractivity contribution in [1.29, 1.82) is 0 Å². The maximum absolute atomic E-state index is 5.43. The minimum atomic E-state index is 0.247. The van der Waals surface area contributed by atoms with Gasteiger partial charge in [0.1, 0.15) is 5.76 Å². The standard InChI is InChI=1S/C14H17NO/c1-3-13(14-8-5-9-16-14)15-12-7-4-6-11(2)10-12/h4-10,13,15H,3H2,1-2H3. The Bertz CT molecular complexity index is 434. The van der Waals surface area contributed by atoms with E-state index in [2.05, 4.69) is 43.4 Å². The minimum Gasteiger partial charge on any atom is -0.467 e. The molecule has 0 saturated carbocycles. The van der Waals surface area contributed by atoms with E-state index in [4.69, 9.17) is 4.42 Å². The average molecular weight is 215 g/mol. The summed E-state index contributed by atoms with van der Waals surface area (Å²) in [7, 11) is 0. The molecule has 0 radical (unpaired) electrons. The molecule has 0 amide bonds. The highest BCUT2D eigenvalue weighted by molar-refractivity contribution is 5.46. The minimum absolute atomic E-state index is 0.247. The van der Waals surface area contributed by atoms with Crippen LogP contribution in [0.1, 0.15) is 30.7 Å². The summed E-state index contributed by atoms with van der Waals surface area (Å²) in [5.74, 6) is 0.990. The number of hydrogen-bond donors (Lipinski definition) is 1. The summed E-state index contributed by atoms with van der Waals surface area (Å²) in [6.45, 7) is 4.25. The molecule has 2 heteroatoms. The van der Waals surface area contributed by atoms with Crippen LogP contribution in [0.15, 0.2) is 47.1 Å². The molecule has 1 atom stereocenters. The highest BCUT2D eigenvalue weighted by Gasteiger charge is 2.11. The molecule has 2 nitrogen and oxygen atoms in total. The van der Waals surface area contributed by atoms with Gasteiger partial charge in [0, 0.05) is 5.69 Å². The van der Waals surface area contributed by atoms with E-state index < -0.39 is 0 Å². The summed E-state index contributed by atoms with van der Waals surface area (Å²) in [4.78, 5) is 0. The Labute approximate surface area is 96.3 Å². The van der Waals surface area contributed by atoms with Crippen molar-refractivity contribution in [3.63, 3.8) is 0 Å². The van der Waals surface area contributed by atoms with Crippen molar-refractivity contribution in [2.45, 2.75) is 26.3 Å². The lowest BCUT2D eigenvalue weighted by molar-refractivity contribution is 0.474. The molecular weight excluding hydrogens is 198 g/mol. The Morgan fingerprint density at radius 3 is 2.75 bits per heavy atom. The maximum Gasteiger partial charge on any atom is 0.125 e. The van der Waals surface area contributed by atoms with Gasteiger partial charge in [-0.15, -0.1) is 0 Å². The molecule has 1 aromatic carbocycles. The molecule has 1 N–H and O–H groups in total. The Morgan fingerprint density at radius 1 is 1.25 bits per heavy atom. The molecule has 0 aliphatic carbocycles. The van der Waals surface area contributed by atoms with E-state index in [9.17, 15) is 0 Å². The lowest BCUT2D eigenvalue weighted by atomic mass is 10.1. The number of aryl methyl sites for hydroxylation is 1. The summed E-state index contributed by atoms with van der Waals surface area (Å²) in [6.07, 6.45) is 2.72. The molecular formula is C14H17NO. The normalized spacial score (nSPS) is 12.4. The zero-order valence-corrected chi connectivity index (χ0v) is 9.73. The van der Waals surface area contributed by atoms with Gasteiger partial charge in [0.2, 0.25) is 0 Å². The lowest BCUT2D eigenvalue weighted by Gasteiger charge is -2.16. The molecule has 0 aliphatic rings. The van der Waals surface area contributed by atoms with Crippen LogP contribution < -0.4 is 5.32 Å². The number of hydrogen-bond acceptors (Lipinski definition) is 2. The third-order valence-electron chi connectivity index (χ3n) is 2.65. The fourth-order valence-corrected chi connectivity index (χ4v) is 1.80. The zero-order chi connectivity index (χ0) is 11.4. The van der Waals surface area contributed by atoms with Crippen LogP contribution in [0.4, 0.5) is 5.69 Å². The third-order valence-corrected chi connectivity index (χ3v) is 2.65. The van der Waals surface area contributed by atoms with Crippen LogP contribution >= 0.6 is 0 Å². The topological polar surface area (TPSA) is 25.2 Å². The van der Waals surface area contributed by atoms with Crippen molar-refractivity contribution in [3.05, 3.63) is 54.0 Å². The van der Waals surface area contributed by atoms with Crippen LogP contribution in [0.5, 0.6) is 0 Å². The summed E-state index contributed by atoms with van der Waals surface area (Å²) in [6, 6.07) is 12.6. The molecule has 2 rings (SSSR count). The lowest BCUT2D eigenvalue weighted by Crippen LogP contribution is -2.08. The summed E-state index contributed by atoms with van der Waals surface area (Å²) < 4.78 is 5.43. The van der Waals surface area contributed by atoms with E-state index in [-0.39, 0.29) is 6.04 Å². The highest BCUT2D eigenvalue weighted by atomic mass is 16.3. The number of benzene rings is 1. The first-order valence-electron chi connectivity index (χ1n) is 5.66. The van der Waals surface area contributed by atoms with Crippen molar-refractivity contribution in [1.82, 2.24) is 0 Å². The Kier molecular flexibility index (Phi) is 3.30. The zero-order valence-electron chi connectivity index (χ0n) is 9.73. The molecule has 0 spiro atoms. The van der Waals surface area contributed by atoms with E-state index in [0.717, 1.165) is 17.9 Å². The van der Waals surface area contributed by atoms with Gasteiger partial charge in [0.05, 0.1) is 12.3 Å². The second kappa shape index (κ2) is 4.88.